The molecule has 2 aromatic carbocycles. The Hall–Kier alpha value is -3.02. The lowest BCUT2D eigenvalue weighted by Gasteiger charge is -2.18. The highest BCUT2D eigenvalue weighted by Crippen LogP contribution is 2.24. The molecular weight excluding hydrogens is 332 g/mol. The first-order valence-corrected chi connectivity index (χ1v) is 8.59. The van der Waals surface area contributed by atoms with Crippen molar-refractivity contribution in [1.29, 1.82) is 0 Å². The maximum absolute atomic E-state index is 12.4. The van der Waals surface area contributed by atoms with Crippen molar-refractivity contribution in [2.24, 2.45) is 0 Å². The van der Waals surface area contributed by atoms with Crippen LogP contribution in [0.5, 0.6) is 11.5 Å². The SMILES string of the molecule is CCOc1ccc(N2CC(NC(=O)c3ccc(OC)cc3)CC2=O)cc1. The third-order valence-electron chi connectivity index (χ3n) is 4.27. The second-order valence-electron chi connectivity index (χ2n) is 6.03. The van der Waals surface area contributed by atoms with Crippen LogP contribution in [0.2, 0.25) is 0 Å². The number of ether oxygens (including phenoxy) is 2. The summed E-state index contributed by atoms with van der Waals surface area (Å²) >= 11 is 0. The largest absolute Gasteiger partial charge is 0.497 e. The van der Waals surface area contributed by atoms with Crippen LogP contribution in [0.15, 0.2) is 48.5 Å². The van der Waals surface area contributed by atoms with E-state index >= 15 is 0 Å². The quantitative estimate of drug-likeness (QED) is 0.866. The minimum atomic E-state index is -0.219. The molecule has 1 atom stereocenters. The molecule has 1 N–H and O–H groups in total. The van der Waals surface area contributed by atoms with Gasteiger partial charge in [-0.3, -0.25) is 9.59 Å². The first-order chi connectivity index (χ1) is 12.6. The van der Waals surface area contributed by atoms with Crippen molar-refractivity contribution in [3.63, 3.8) is 0 Å². The molecule has 136 valence electrons. The standard InChI is InChI=1S/C20H22N2O4/c1-3-26-18-10-6-16(7-11-18)22-13-15(12-19(22)23)21-20(24)14-4-8-17(25-2)9-5-14/h4-11,15H,3,12-13H2,1-2H3,(H,21,24). The van der Waals surface area contributed by atoms with Crippen LogP contribution in [0.3, 0.4) is 0 Å². The average molecular weight is 354 g/mol. The molecule has 0 aromatic heterocycles. The van der Waals surface area contributed by atoms with E-state index in [1.807, 2.05) is 31.2 Å². The Morgan fingerprint density at radius 3 is 2.38 bits per heavy atom. The van der Waals surface area contributed by atoms with Crippen LogP contribution in [0.4, 0.5) is 5.69 Å². The van der Waals surface area contributed by atoms with Crippen LogP contribution in [-0.4, -0.2) is 38.1 Å². The van der Waals surface area contributed by atoms with Crippen LogP contribution < -0.4 is 19.7 Å². The molecule has 0 aliphatic carbocycles. The molecule has 1 aliphatic rings. The molecule has 6 nitrogen and oxygen atoms in total. The predicted molar refractivity (Wildman–Crippen MR) is 98.8 cm³/mol. The number of methoxy groups -OCH3 is 1. The van der Waals surface area contributed by atoms with Gasteiger partial charge < -0.3 is 19.7 Å². The van der Waals surface area contributed by atoms with Gasteiger partial charge in [-0.1, -0.05) is 0 Å². The highest BCUT2D eigenvalue weighted by atomic mass is 16.5. The second kappa shape index (κ2) is 7.91. The van der Waals surface area contributed by atoms with Crippen LogP contribution >= 0.6 is 0 Å². The lowest BCUT2D eigenvalue weighted by Crippen LogP contribution is -2.37. The fourth-order valence-corrected chi connectivity index (χ4v) is 2.95. The highest BCUT2D eigenvalue weighted by molar-refractivity contribution is 5.99. The number of nitrogens with one attached hydrogen (secondary N) is 1. The Morgan fingerprint density at radius 1 is 1.12 bits per heavy atom. The molecule has 0 spiro atoms. The molecule has 1 unspecified atom stereocenters. The number of hydrogen-bond donors (Lipinski definition) is 1. The van der Waals surface area contributed by atoms with E-state index < -0.39 is 0 Å². The first-order valence-electron chi connectivity index (χ1n) is 8.59. The van der Waals surface area contributed by atoms with Gasteiger partial charge in [0.2, 0.25) is 5.91 Å². The smallest absolute Gasteiger partial charge is 0.251 e. The van der Waals surface area contributed by atoms with Crippen LogP contribution in [0.1, 0.15) is 23.7 Å². The molecule has 3 rings (SSSR count). The van der Waals surface area contributed by atoms with Crippen LogP contribution in [0.25, 0.3) is 0 Å². The third-order valence-corrected chi connectivity index (χ3v) is 4.27. The van der Waals surface area contributed by atoms with Gasteiger partial charge in [-0.25, -0.2) is 0 Å². The molecule has 1 heterocycles. The summed E-state index contributed by atoms with van der Waals surface area (Å²) in [5.41, 5.74) is 1.34. The van der Waals surface area contributed by atoms with Crippen molar-refractivity contribution in [3.8, 4) is 11.5 Å². The van der Waals surface area contributed by atoms with E-state index in [0.717, 1.165) is 11.4 Å². The van der Waals surface area contributed by atoms with E-state index in [1.54, 1.807) is 36.3 Å². The lowest BCUT2D eigenvalue weighted by atomic mass is 10.2. The minimum Gasteiger partial charge on any atom is -0.497 e. The zero-order valence-corrected chi connectivity index (χ0v) is 14.9. The Kier molecular flexibility index (Phi) is 5.41. The van der Waals surface area contributed by atoms with E-state index in [1.165, 1.54) is 0 Å². The number of anilines is 1. The number of carbonyl (C=O) groups is 2. The number of carbonyl (C=O) groups excluding carboxylic acids is 2. The normalized spacial score (nSPS) is 16.5. The molecule has 2 aromatic rings. The van der Waals surface area contributed by atoms with E-state index in [0.29, 0.717) is 24.5 Å². The molecule has 1 fully saturated rings. The van der Waals surface area contributed by atoms with E-state index in [-0.39, 0.29) is 24.3 Å². The Bertz CT molecular complexity index is 771. The number of nitrogens with zero attached hydrogens (tertiary/aromatic N) is 1. The topological polar surface area (TPSA) is 67.9 Å². The maximum atomic E-state index is 12.4. The Morgan fingerprint density at radius 2 is 1.77 bits per heavy atom. The summed E-state index contributed by atoms with van der Waals surface area (Å²) in [7, 11) is 1.58. The van der Waals surface area contributed by atoms with Crippen molar-refractivity contribution in [1.82, 2.24) is 5.32 Å². The summed E-state index contributed by atoms with van der Waals surface area (Å²) in [6.45, 7) is 2.98. The molecular formula is C20H22N2O4. The van der Waals surface area contributed by atoms with Gasteiger partial charge in [0.25, 0.3) is 5.91 Å². The Balaban J connectivity index is 1.62. The molecule has 1 saturated heterocycles. The zero-order chi connectivity index (χ0) is 18.5. The van der Waals surface area contributed by atoms with Gasteiger partial charge in [0.05, 0.1) is 19.8 Å². The van der Waals surface area contributed by atoms with Crippen molar-refractivity contribution >= 4 is 17.5 Å². The van der Waals surface area contributed by atoms with Crippen molar-refractivity contribution < 1.29 is 19.1 Å². The molecule has 0 bridgehead atoms. The van der Waals surface area contributed by atoms with Crippen LogP contribution in [0, 0.1) is 0 Å². The summed E-state index contributed by atoms with van der Waals surface area (Å²) in [5.74, 6) is 1.26. The summed E-state index contributed by atoms with van der Waals surface area (Å²) in [6.07, 6.45) is 0.287. The fourth-order valence-electron chi connectivity index (χ4n) is 2.95. The van der Waals surface area contributed by atoms with E-state index in [2.05, 4.69) is 5.32 Å². The number of benzene rings is 2. The van der Waals surface area contributed by atoms with E-state index in [9.17, 15) is 9.59 Å². The minimum absolute atomic E-state index is 0.00538. The summed E-state index contributed by atoms with van der Waals surface area (Å²) < 4.78 is 10.5. The maximum Gasteiger partial charge on any atom is 0.251 e. The van der Waals surface area contributed by atoms with Gasteiger partial charge in [0.1, 0.15) is 11.5 Å². The number of rotatable bonds is 6. The summed E-state index contributed by atoms with van der Waals surface area (Å²) in [4.78, 5) is 26.4. The molecule has 1 aliphatic heterocycles. The van der Waals surface area contributed by atoms with Crippen molar-refractivity contribution in [2.75, 3.05) is 25.2 Å². The van der Waals surface area contributed by atoms with Crippen LogP contribution in [-0.2, 0) is 4.79 Å². The van der Waals surface area contributed by atoms with Gasteiger partial charge in [-0.15, -0.1) is 0 Å². The molecule has 26 heavy (non-hydrogen) atoms. The van der Waals surface area contributed by atoms with E-state index in [4.69, 9.17) is 9.47 Å². The van der Waals surface area contributed by atoms with Gasteiger partial charge in [-0.2, -0.15) is 0 Å². The monoisotopic (exact) mass is 354 g/mol. The second-order valence-corrected chi connectivity index (χ2v) is 6.03. The number of hydrogen-bond acceptors (Lipinski definition) is 4. The molecule has 0 radical (unpaired) electrons. The number of amides is 2. The first kappa shape index (κ1) is 17.8. The van der Waals surface area contributed by atoms with Gasteiger partial charge >= 0.3 is 0 Å². The van der Waals surface area contributed by atoms with Crippen molar-refractivity contribution in [3.05, 3.63) is 54.1 Å². The fraction of sp³-hybridized carbons (Fsp3) is 0.300. The third kappa shape index (κ3) is 3.96. The summed E-state index contributed by atoms with van der Waals surface area (Å²) in [6, 6.07) is 14.1. The molecule has 0 saturated carbocycles. The zero-order valence-electron chi connectivity index (χ0n) is 14.9. The summed E-state index contributed by atoms with van der Waals surface area (Å²) in [5, 5.41) is 2.93. The highest BCUT2D eigenvalue weighted by Gasteiger charge is 2.31. The van der Waals surface area contributed by atoms with Gasteiger partial charge in [0, 0.05) is 24.2 Å². The van der Waals surface area contributed by atoms with Gasteiger partial charge in [-0.05, 0) is 55.5 Å². The van der Waals surface area contributed by atoms with Crippen molar-refractivity contribution in [2.45, 2.75) is 19.4 Å². The lowest BCUT2D eigenvalue weighted by molar-refractivity contribution is -0.117. The predicted octanol–water partition coefficient (Wildman–Crippen LogP) is 2.63. The van der Waals surface area contributed by atoms with Gasteiger partial charge in [0.15, 0.2) is 0 Å². The Labute approximate surface area is 152 Å². The average Bonchev–Trinajstić information content (AvgIpc) is 3.03. The molecule has 2 amide bonds. The molecule has 6 heteroatoms.